The van der Waals surface area contributed by atoms with E-state index in [9.17, 15) is 8.42 Å². The van der Waals surface area contributed by atoms with Gasteiger partial charge in [0.1, 0.15) is 21.3 Å². The molecule has 1 N–H and O–H groups in total. The average Bonchev–Trinajstić information content (AvgIpc) is 2.42. The van der Waals surface area contributed by atoms with E-state index in [1.807, 2.05) is 18.2 Å². The van der Waals surface area contributed by atoms with Crippen molar-refractivity contribution in [3.8, 4) is 11.5 Å². The Balaban J connectivity index is 1.97. The van der Waals surface area contributed by atoms with Crippen molar-refractivity contribution in [2.45, 2.75) is 18.9 Å². The summed E-state index contributed by atoms with van der Waals surface area (Å²) < 4.78 is 33.1. The van der Waals surface area contributed by atoms with Gasteiger partial charge >= 0.3 is 0 Å². The van der Waals surface area contributed by atoms with E-state index in [4.69, 9.17) is 9.47 Å². The maximum absolute atomic E-state index is 11.1. The molecule has 1 heterocycles. The molecule has 1 aromatic carbocycles. The summed E-state index contributed by atoms with van der Waals surface area (Å²) in [5, 5.41) is 3.40. The number of hydrogen-bond donors (Lipinski definition) is 1. The fourth-order valence-electron chi connectivity index (χ4n) is 2.32. The Morgan fingerprint density at radius 3 is 2.95 bits per heavy atom. The first kappa shape index (κ1) is 15.1. The standard InChI is InChI=1S/C14H21NO4S/c1-18-11-4-5-14-12(10-11)13(6-8-19-14)15-7-3-9-20(2,16)17/h4-5,10,13,15H,3,6-9H2,1-2H3. The van der Waals surface area contributed by atoms with E-state index < -0.39 is 9.84 Å². The highest BCUT2D eigenvalue weighted by atomic mass is 32.2. The van der Waals surface area contributed by atoms with Crippen molar-refractivity contribution in [2.75, 3.05) is 32.3 Å². The lowest BCUT2D eigenvalue weighted by Crippen LogP contribution is -2.28. The molecule has 5 nitrogen and oxygen atoms in total. The molecule has 2 rings (SSSR count). The smallest absolute Gasteiger partial charge is 0.147 e. The van der Waals surface area contributed by atoms with E-state index in [-0.39, 0.29) is 11.8 Å². The van der Waals surface area contributed by atoms with Crippen LogP contribution in [-0.4, -0.2) is 40.7 Å². The van der Waals surface area contributed by atoms with Gasteiger partial charge in [0, 0.05) is 24.3 Å². The molecule has 0 saturated heterocycles. The van der Waals surface area contributed by atoms with Gasteiger partial charge in [0.05, 0.1) is 19.5 Å². The molecular formula is C14H21NO4S. The lowest BCUT2D eigenvalue weighted by Gasteiger charge is -2.27. The summed E-state index contributed by atoms with van der Waals surface area (Å²) in [5.41, 5.74) is 1.08. The van der Waals surface area contributed by atoms with Crippen molar-refractivity contribution in [2.24, 2.45) is 0 Å². The molecule has 0 fully saturated rings. The van der Waals surface area contributed by atoms with Crippen molar-refractivity contribution in [3.63, 3.8) is 0 Å². The van der Waals surface area contributed by atoms with Crippen LogP contribution in [0.3, 0.4) is 0 Å². The first-order valence-corrected chi connectivity index (χ1v) is 8.77. The first-order chi connectivity index (χ1) is 9.49. The maximum Gasteiger partial charge on any atom is 0.147 e. The van der Waals surface area contributed by atoms with Gasteiger partial charge in [-0.15, -0.1) is 0 Å². The molecule has 0 spiro atoms. The number of hydrogen-bond acceptors (Lipinski definition) is 5. The van der Waals surface area contributed by atoms with Gasteiger partial charge in [-0.1, -0.05) is 0 Å². The summed E-state index contributed by atoms with van der Waals surface area (Å²) in [5.74, 6) is 1.89. The molecule has 0 aliphatic carbocycles. The summed E-state index contributed by atoms with van der Waals surface area (Å²) in [6.45, 7) is 1.34. The molecule has 0 amide bonds. The number of methoxy groups -OCH3 is 1. The Morgan fingerprint density at radius 2 is 2.25 bits per heavy atom. The summed E-state index contributed by atoms with van der Waals surface area (Å²) in [4.78, 5) is 0. The van der Waals surface area contributed by atoms with Gasteiger partial charge in [-0.2, -0.15) is 0 Å². The zero-order chi connectivity index (χ0) is 14.6. The fourth-order valence-corrected chi connectivity index (χ4v) is 2.99. The van der Waals surface area contributed by atoms with E-state index in [0.717, 1.165) is 23.5 Å². The van der Waals surface area contributed by atoms with Crippen molar-refractivity contribution >= 4 is 9.84 Å². The first-order valence-electron chi connectivity index (χ1n) is 6.71. The zero-order valence-electron chi connectivity index (χ0n) is 11.9. The third-order valence-corrected chi connectivity index (χ3v) is 4.37. The molecular weight excluding hydrogens is 278 g/mol. The fraction of sp³-hybridized carbons (Fsp3) is 0.571. The minimum atomic E-state index is -2.88. The summed E-state index contributed by atoms with van der Waals surface area (Å²) in [7, 11) is -1.24. The number of nitrogens with one attached hydrogen (secondary N) is 1. The van der Waals surface area contributed by atoms with Crippen LogP contribution in [0.4, 0.5) is 0 Å². The molecule has 1 aromatic rings. The Hall–Kier alpha value is -1.27. The minimum Gasteiger partial charge on any atom is -0.497 e. The molecule has 20 heavy (non-hydrogen) atoms. The molecule has 1 aliphatic rings. The largest absolute Gasteiger partial charge is 0.497 e. The predicted molar refractivity (Wildman–Crippen MR) is 78.2 cm³/mol. The second-order valence-electron chi connectivity index (χ2n) is 5.03. The molecule has 0 bridgehead atoms. The Labute approximate surface area is 120 Å². The van der Waals surface area contributed by atoms with Gasteiger partial charge in [0.25, 0.3) is 0 Å². The van der Waals surface area contributed by atoms with E-state index in [1.165, 1.54) is 6.26 Å². The van der Waals surface area contributed by atoms with Crippen molar-refractivity contribution in [1.82, 2.24) is 5.32 Å². The molecule has 112 valence electrons. The van der Waals surface area contributed by atoms with Crippen molar-refractivity contribution < 1.29 is 17.9 Å². The molecule has 0 aromatic heterocycles. The highest BCUT2D eigenvalue weighted by molar-refractivity contribution is 7.90. The number of fused-ring (bicyclic) bond motifs is 1. The molecule has 1 unspecified atom stereocenters. The van der Waals surface area contributed by atoms with Gasteiger partial charge in [-0.05, 0) is 31.2 Å². The Kier molecular flexibility index (Phi) is 4.88. The van der Waals surface area contributed by atoms with Crippen LogP contribution in [0.2, 0.25) is 0 Å². The lowest BCUT2D eigenvalue weighted by atomic mass is 10.00. The van der Waals surface area contributed by atoms with Gasteiger partial charge in [0.2, 0.25) is 0 Å². The number of ether oxygens (including phenoxy) is 2. The van der Waals surface area contributed by atoms with Crippen LogP contribution in [0.5, 0.6) is 11.5 Å². The van der Waals surface area contributed by atoms with Crippen LogP contribution in [0.25, 0.3) is 0 Å². The molecule has 1 atom stereocenters. The summed E-state index contributed by atoms with van der Waals surface area (Å²) >= 11 is 0. The summed E-state index contributed by atoms with van der Waals surface area (Å²) in [6.07, 6.45) is 2.76. The highest BCUT2D eigenvalue weighted by Gasteiger charge is 2.21. The third kappa shape index (κ3) is 4.11. The second-order valence-corrected chi connectivity index (χ2v) is 7.29. The normalized spacial score (nSPS) is 18.2. The minimum absolute atomic E-state index is 0.188. The SMILES string of the molecule is COc1ccc2c(c1)C(NCCCS(C)(=O)=O)CCO2. The van der Waals surface area contributed by atoms with Gasteiger partial charge < -0.3 is 14.8 Å². The summed E-state index contributed by atoms with van der Waals surface area (Å²) in [6, 6.07) is 5.96. The Bertz CT molecular complexity index is 556. The molecule has 0 radical (unpaired) electrons. The quantitative estimate of drug-likeness (QED) is 0.807. The molecule has 0 saturated carbocycles. The van der Waals surface area contributed by atoms with Crippen molar-refractivity contribution in [3.05, 3.63) is 23.8 Å². The van der Waals surface area contributed by atoms with Crippen LogP contribution in [0.1, 0.15) is 24.4 Å². The van der Waals surface area contributed by atoms with Gasteiger partial charge in [0.15, 0.2) is 0 Å². The third-order valence-electron chi connectivity index (χ3n) is 3.34. The van der Waals surface area contributed by atoms with Crippen LogP contribution in [0, 0.1) is 0 Å². The zero-order valence-corrected chi connectivity index (χ0v) is 12.7. The van der Waals surface area contributed by atoms with E-state index >= 15 is 0 Å². The number of sulfone groups is 1. The van der Waals surface area contributed by atoms with Crippen LogP contribution >= 0.6 is 0 Å². The van der Waals surface area contributed by atoms with Gasteiger partial charge in [-0.25, -0.2) is 8.42 Å². The monoisotopic (exact) mass is 299 g/mol. The van der Waals surface area contributed by atoms with Crippen LogP contribution in [0.15, 0.2) is 18.2 Å². The predicted octanol–water partition coefficient (Wildman–Crippen LogP) is 1.54. The van der Waals surface area contributed by atoms with E-state index in [1.54, 1.807) is 7.11 Å². The van der Waals surface area contributed by atoms with Crippen LogP contribution in [-0.2, 0) is 9.84 Å². The van der Waals surface area contributed by atoms with Crippen molar-refractivity contribution in [1.29, 1.82) is 0 Å². The lowest BCUT2D eigenvalue weighted by molar-refractivity contribution is 0.252. The average molecular weight is 299 g/mol. The number of benzene rings is 1. The molecule has 1 aliphatic heterocycles. The van der Waals surface area contributed by atoms with E-state index in [0.29, 0.717) is 19.6 Å². The Morgan fingerprint density at radius 1 is 1.45 bits per heavy atom. The van der Waals surface area contributed by atoms with Crippen LogP contribution < -0.4 is 14.8 Å². The van der Waals surface area contributed by atoms with Gasteiger partial charge in [-0.3, -0.25) is 0 Å². The number of rotatable bonds is 6. The molecule has 6 heteroatoms. The topological polar surface area (TPSA) is 64.6 Å². The second kappa shape index (κ2) is 6.45. The maximum atomic E-state index is 11.1. The highest BCUT2D eigenvalue weighted by Crippen LogP contribution is 2.34. The van der Waals surface area contributed by atoms with E-state index in [2.05, 4.69) is 5.32 Å².